The maximum Gasteiger partial charge on any atom is 0.418 e. The molecular weight excluding hydrogens is 410 g/mol. The van der Waals surface area contributed by atoms with Crippen molar-refractivity contribution in [2.24, 2.45) is 4.99 Å². The first-order valence-electron chi connectivity index (χ1n) is 9.20. The Morgan fingerprint density at radius 1 is 0.833 bits per heavy atom. The molecule has 3 rings (SSSR count). The maximum absolute atomic E-state index is 14.5. The van der Waals surface area contributed by atoms with E-state index < -0.39 is 23.2 Å². The Morgan fingerprint density at radius 3 is 2.00 bits per heavy atom. The molecule has 0 aliphatic rings. The summed E-state index contributed by atoms with van der Waals surface area (Å²) in [6.45, 7) is 7.88. The molecular formula is C24H19F4NS. The minimum absolute atomic E-state index is 0.129. The normalized spacial score (nSPS) is 11.3. The Hall–Kier alpha value is -2.82. The average molecular weight is 429 g/mol. The number of rotatable bonds is 3. The third kappa shape index (κ3) is 4.20. The van der Waals surface area contributed by atoms with Crippen LogP contribution < -0.4 is 0 Å². The fraction of sp³-hybridized carbons (Fsp3) is 0.208. The van der Waals surface area contributed by atoms with Gasteiger partial charge in [0.25, 0.3) is 0 Å². The van der Waals surface area contributed by atoms with Crippen molar-refractivity contribution in [3.8, 4) is 22.3 Å². The molecule has 0 atom stereocenters. The molecule has 0 unspecified atom stereocenters. The Bertz CT molecular complexity index is 1170. The molecule has 0 N–H and O–H groups in total. The van der Waals surface area contributed by atoms with Crippen LogP contribution in [0.1, 0.15) is 27.8 Å². The lowest BCUT2D eigenvalue weighted by molar-refractivity contribution is -0.137. The van der Waals surface area contributed by atoms with Crippen LogP contribution in [0.25, 0.3) is 22.3 Å². The third-order valence-corrected chi connectivity index (χ3v) is 5.12. The van der Waals surface area contributed by atoms with E-state index in [0.29, 0.717) is 5.56 Å². The van der Waals surface area contributed by atoms with Gasteiger partial charge < -0.3 is 0 Å². The summed E-state index contributed by atoms with van der Waals surface area (Å²) < 4.78 is 54.9. The van der Waals surface area contributed by atoms with Gasteiger partial charge in [0.1, 0.15) is 5.69 Å². The topological polar surface area (TPSA) is 12.4 Å². The molecule has 0 saturated carbocycles. The summed E-state index contributed by atoms with van der Waals surface area (Å²) in [5, 5.41) is 1.82. The zero-order valence-electron chi connectivity index (χ0n) is 16.9. The van der Waals surface area contributed by atoms with Gasteiger partial charge in [-0.2, -0.15) is 18.2 Å². The lowest BCUT2D eigenvalue weighted by Crippen LogP contribution is -2.07. The molecule has 154 valence electrons. The molecule has 0 bridgehead atoms. The van der Waals surface area contributed by atoms with E-state index in [1.165, 1.54) is 0 Å². The minimum Gasteiger partial charge on any atom is -0.205 e. The predicted octanol–water partition coefficient (Wildman–Crippen LogP) is 8.15. The highest BCUT2D eigenvalue weighted by Gasteiger charge is 2.35. The van der Waals surface area contributed by atoms with Crippen molar-refractivity contribution in [3.63, 3.8) is 0 Å². The van der Waals surface area contributed by atoms with Crippen LogP contribution in [0, 0.1) is 33.5 Å². The molecule has 0 heterocycles. The van der Waals surface area contributed by atoms with E-state index in [4.69, 9.17) is 0 Å². The average Bonchev–Trinajstić information content (AvgIpc) is 2.61. The first-order valence-corrected chi connectivity index (χ1v) is 9.61. The van der Waals surface area contributed by atoms with Gasteiger partial charge in [0, 0.05) is 0 Å². The number of nitrogens with zero attached hydrogens (tertiary/aromatic N) is 1. The molecule has 30 heavy (non-hydrogen) atoms. The monoisotopic (exact) mass is 429 g/mol. The van der Waals surface area contributed by atoms with Crippen molar-refractivity contribution >= 4 is 23.1 Å². The van der Waals surface area contributed by atoms with Crippen LogP contribution in [0.15, 0.2) is 47.5 Å². The van der Waals surface area contributed by atoms with Crippen LogP contribution in [0.4, 0.5) is 23.2 Å². The van der Waals surface area contributed by atoms with Crippen LogP contribution in [-0.4, -0.2) is 5.16 Å². The molecule has 0 fully saturated rings. The first-order chi connectivity index (χ1) is 14.0. The summed E-state index contributed by atoms with van der Waals surface area (Å²) in [5.74, 6) is -1.09. The van der Waals surface area contributed by atoms with E-state index >= 15 is 0 Å². The SMILES string of the molecule is Cc1cc(C)c(-c2ccc(-c3cc(F)c(N=C=S)c(C(F)(F)F)c3)c(C)c2)c(C)c1. The predicted molar refractivity (Wildman–Crippen MR) is 116 cm³/mol. The molecule has 0 saturated heterocycles. The minimum atomic E-state index is -4.77. The summed E-state index contributed by atoms with van der Waals surface area (Å²) in [4.78, 5) is 3.28. The fourth-order valence-corrected chi connectivity index (χ4v) is 4.00. The lowest BCUT2D eigenvalue weighted by atomic mass is 9.90. The van der Waals surface area contributed by atoms with Crippen molar-refractivity contribution < 1.29 is 17.6 Å². The number of alkyl halides is 3. The highest BCUT2D eigenvalue weighted by atomic mass is 32.1. The van der Waals surface area contributed by atoms with Crippen molar-refractivity contribution in [3.05, 3.63) is 76.1 Å². The van der Waals surface area contributed by atoms with Gasteiger partial charge in [0.15, 0.2) is 5.82 Å². The number of thiocarbonyl (C=S) groups is 1. The number of hydrogen-bond acceptors (Lipinski definition) is 2. The van der Waals surface area contributed by atoms with E-state index in [9.17, 15) is 17.6 Å². The Labute approximate surface area is 178 Å². The standard InChI is InChI=1S/C24H19F4NS/c1-13-7-15(3)22(16(4)8-13)17-5-6-19(14(2)9-17)18-10-20(24(26,27)28)23(29-12-30)21(25)11-18/h5-11H,1-4H3. The molecule has 0 aliphatic carbocycles. The number of benzene rings is 3. The van der Waals surface area contributed by atoms with Crippen molar-refractivity contribution in [2.45, 2.75) is 33.9 Å². The van der Waals surface area contributed by atoms with Crippen molar-refractivity contribution in [1.82, 2.24) is 0 Å². The zero-order chi connectivity index (χ0) is 22.2. The number of aryl methyl sites for hydroxylation is 4. The van der Waals surface area contributed by atoms with Gasteiger partial charge in [0.2, 0.25) is 0 Å². The van der Waals surface area contributed by atoms with E-state index in [0.717, 1.165) is 45.5 Å². The Kier molecular flexibility index (Phi) is 5.93. The quantitative estimate of drug-likeness (QED) is 0.232. The summed E-state index contributed by atoms with van der Waals surface area (Å²) >= 11 is 4.36. The van der Waals surface area contributed by atoms with Crippen LogP contribution >= 0.6 is 12.2 Å². The Balaban J connectivity index is 2.17. The smallest absolute Gasteiger partial charge is 0.205 e. The maximum atomic E-state index is 14.5. The Morgan fingerprint density at radius 2 is 1.47 bits per heavy atom. The highest BCUT2D eigenvalue weighted by molar-refractivity contribution is 7.78. The second kappa shape index (κ2) is 8.13. The number of isothiocyanates is 1. The molecule has 0 aromatic heterocycles. The summed E-state index contributed by atoms with van der Waals surface area (Å²) in [6.07, 6.45) is -4.77. The summed E-state index contributed by atoms with van der Waals surface area (Å²) in [7, 11) is 0. The van der Waals surface area contributed by atoms with Crippen molar-refractivity contribution in [1.29, 1.82) is 0 Å². The van der Waals surface area contributed by atoms with E-state index in [1.807, 2.05) is 38.1 Å². The number of halogens is 4. The second-order valence-corrected chi connectivity index (χ2v) is 7.54. The zero-order valence-corrected chi connectivity index (χ0v) is 17.7. The largest absolute Gasteiger partial charge is 0.418 e. The molecule has 3 aromatic rings. The molecule has 0 amide bonds. The molecule has 0 radical (unpaired) electrons. The van der Waals surface area contributed by atoms with Gasteiger partial charge >= 0.3 is 6.18 Å². The summed E-state index contributed by atoms with van der Waals surface area (Å²) in [5.41, 5.74) is 4.81. The van der Waals surface area contributed by atoms with E-state index in [2.05, 4.69) is 29.3 Å². The van der Waals surface area contributed by atoms with Crippen LogP contribution in [0.2, 0.25) is 0 Å². The van der Waals surface area contributed by atoms with Gasteiger partial charge in [-0.25, -0.2) is 4.39 Å². The van der Waals surface area contributed by atoms with Crippen molar-refractivity contribution in [2.75, 3.05) is 0 Å². The fourth-order valence-electron chi connectivity index (χ4n) is 3.91. The lowest BCUT2D eigenvalue weighted by Gasteiger charge is -2.16. The number of aliphatic imine (C=N–C) groups is 1. The molecule has 1 nitrogen and oxygen atoms in total. The second-order valence-electron chi connectivity index (χ2n) is 7.36. The van der Waals surface area contributed by atoms with Gasteiger partial charge in [0.05, 0.1) is 10.7 Å². The van der Waals surface area contributed by atoms with Gasteiger partial charge in [-0.15, -0.1) is 0 Å². The first kappa shape index (κ1) is 21.9. The molecule has 0 spiro atoms. The van der Waals surface area contributed by atoms with Crippen LogP contribution in [0.3, 0.4) is 0 Å². The highest BCUT2D eigenvalue weighted by Crippen LogP contribution is 2.41. The van der Waals surface area contributed by atoms with E-state index in [-0.39, 0.29) is 5.56 Å². The van der Waals surface area contributed by atoms with Crippen LogP contribution in [0.5, 0.6) is 0 Å². The molecule has 3 aromatic carbocycles. The van der Waals surface area contributed by atoms with Gasteiger partial charge in [-0.1, -0.05) is 35.9 Å². The summed E-state index contributed by atoms with van der Waals surface area (Å²) in [6, 6.07) is 11.6. The van der Waals surface area contributed by atoms with E-state index in [1.54, 1.807) is 13.0 Å². The van der Waals surface area contributed by atoms with Crippen LogP contribution in [-0.2, 0) is 6.18 Å². The van der Waals surface area contributed by atoms with Gasteiger partial charge in [-0.3, -0.25) is 0 Å². The third-order valence-electron chi connectivity index (χ3n) is 5.03. The number of hydrogen-bond donors (Lipinski definition) is 0. The molecule has 6 heteroatoms. The van der Waals surface area contributed by atoms with Gasteiger partial charge in [-0.05, 0) is 91.0 Å². The molecule has 0 aliphatic heterocycles.